The molecule has 0 fully saturated rings. The zero-order valence-corrected chi connectivity index (χ0v) is 10.6. The summed E-state index contributed by atoms with van der Waals surface area (Å²) in [6.45, 7) is 1.96. The van der Waals surface area contributed by atoms with E-state index >= 15 is 0 Å². The lowest BCUT2D eigenvalue weighted by atomic mass is 10.2. The van der Waals surface area contributed by atoms with Gasteiger partial charge in [-0.2, -0.15) is 0 Å². The van der Waals surface area contributed by atoms with Crippen molar-refractivity contribution >= 4 is 33.2 Å². The first-order valence-electron chi connectivity index (χ1n) is 4.64. The number of hydrogen-bond acceptors (Lipinski definition) is 2. The number of imidazole rings is 1. The van der Waals surface area contributed by atoms with Crippen molar-refractivity contribution < 1.29 is 0 Å². The van der Waals surface area contributed by atoms with Crippen molar-refractivity contribution in [2.24, 2.45) is 5.73 Å². The molecular weight excluding hydrogens is 277 g/mol. The van der Waals surface area contributed by atoms with Crippen molar-refractivity contribution in [1.82, 2.24) is 9.38 Å². The molecule has 2 aromatic rings. The highest BCUT2D eigenvalue weighted by Crippen LogP contribution is 2.22. The van der Waals surface area contributed by atoms with E-state index in [1.165, 1.54) is 0 Å². The number of aromatic nitrogens is 2. The molecule has 0 bridgehead atoms. The molecule has 2 rings (SSSR count). The Hall–Kier alpha value is -0.580. The fourth-order valence-corrected chi connectivity index (χ4v) is 2.34. The highest BCUT2D eigenvalue weighted by Gasteiger charge is 2.07. The van der Waals surface area contributed by atoms with E-state index in [0.717, 1.165) is 22.2 Å². The van der Waals surface area contributed by atoms with Crippen LogP contribution in [0.1, 0.15) is 12.6 Å². The molecule has 0 saturated carbocycles. The molecule has 2 aromatic heterocycles. The highest BCUT2D eigenvalue weighted by molar-refractivity contribution is 9.10. The second-order valence-corrected chi connectivity index (χ2v) is 4.97. The molecule has 0 radical (unpaired) electrons. The molecule has 2 N–H and O–H groups in total. The van der Waals surface area contributed by atoms with Crippen LogP contribution >= 0.6 is 27.5 Å². The number of halogens is 2. The van der Waals surface area contributed by atoms with Gasteiger partial charge in [0.2, 0.25) is 0 Å². The smallest absolute Gasteiger partial charge is 0.155 e. The molecule has 2 heterocycles. The minimum Gasteiger partial charge on any atom is -0.328 e. The third kappa shape index (κ3) is 2.33. The Bertz CT molecular complexity index is 493. The quantitative estimate of drug-likeness (QED) is 0.923. The first kappa shape index (κ1) is 10.9. The van der Waals surface area contributed by atoms with Gasteiger partial charge in [0.1, 0.15) is 0 Å². The van der Waals surface area contributed by atoms with Crippen molar-refractivity contribution in [3.05, 3.63) is 33.6 Å². The van der Waals surface area contributed by atoms with Crippen LogP contribution in [0, 0.1) is 0 Å². The highest BCUT2D eigenvalue weighted by atomic mass is 79.9. The van der Waals surface area contributed by atoms with Gasteiger partial charge in [0, 0.05) is 29.3 Å². The van der Waals surface area contributed by atoms with Gasteiger partial charge in [-0.15, -0.1) is 0 Å². The van der Waals surface area contributed by atoms with Gasteiger partial charge in [-0.25, -0.2) is 4.98 Å². The number of nitrogens with two attached hydrogens (primary N) is 1. The Labute approximate surface area is 101 Å². The van der Waals surface area contributed by atoms with Crippen molar-refractivity contribution in [2.75, 3.05) is 0 Å². The van der Waals surface area contributed by atoms with E-state index in [4.69, 9.17) is 17.3 Å². The molecule has 0 aliphatic carbocycles. The Morgan fingerprint density at radius 2 is 2.33 bits per heavy atom. The van der Waals surface area contributed by atoms with E-state index in [9.17, 15) is 0 Å². The van der Waals surface area contributed by atoms with E-state index in [1.54, 1.807) is 0 Å². The van der Waals surface area contributed by atoms with E-state index in [1.807, 2.05) is 29.8 Å². The zero-order valence-electron chi connectivity index (χ0n) is 8.24. The van der Waals surface area contributed by atoms with Gasteiger partial charge in [-0.3, -0.25) is 0 Å². The zero-order chi connectivity index (χ0) is 11.0. The molecule has 0 aromatic carbocycles. The van der Waals surface area contributed by atoms with Crippen molar-refractivity contribution in [2.45, 2.75) is 19.4 Å². The van der Waals surface area contributed by atoms with Gasteiger partial charge in [0.25, 0.3) is 0 Å². The van der Waals surface area contributed by atoms with E-state index < -0.39 is 0 Å². The van der Waals surface area contributed by atoms with Crippen molar-refractivity contribution in [1.29, 1.82) is 0 Å². The summed E-state index contributed by atoms with van der Waals surface area (Å²) in [6, 6.07) is 1.94. The number of nitrogens with zero attached hydrogens (tertiary/aromatic N) is 2. The summed E-state index contributed by atoms with van der Waals surface area (Å²) in [7, 11) is 0. The van der Waals surface area contributed by atoms with Crippen LogP contribution in [-0.2, 0) is 6.42 Å². The van der Waals surface area contributed by atoms with Gasteiger partial charge in [-0.1, -0.05) is 11.6 Å². The van der Waals surface area contributed by atoms with E-state index in [2.05, 4.69) is 20.9 Å². The summed E-state index contributed by atoms with van der Waals surface area (Å²) >= 11 is 9.45. The minimum atomic E-state index is 0.108. The summed E-state index contributed by atoms with van der Waals surface area (Å²) in [5.41, 5.74) is 7.46. The molecule has 1 unspecified atom stereocenters. The lowest BCUT2D eigenvalue weighted by Gasteiger charge is -1.98. The number of rotatable bonds is 2. The molecule has 0 amide bonds. The topological polar surface area (TPSA) is 43.3 Å². The van der Waals surface area contributed by atoms with Gasteiger partial charge < -0.3 is 10.1 Å². The van der Waals surface area contributed by atoms with Crippen LogP contribution in [0.3, 0.4) is 0 Å². The molecule has 5 heteroatoms. The Balaban J connectivity index is 2.50. The molecule has 1 atom stereocenters. The minimum absolute atomic E-state index is 0.108. The predicted molar refractivity (Wildman–Crippen MR) is 65.3 cm³/mol. The second-order valence-electron chi connectivity index (χ2n) is 3.65. The fraction of sp³-hybridized carbons (Fsp3) is 0.300. The summed E-state index contributed by atoms with van der Waals surface area (Å²) in [5.74, 6) is 0. The Morgan fingerprint density at radius 3 is 3.00 bits per heavy atom. The van der Waals surface area contributed by atoms with Gasteiger partial charge >= 0.3 is 0 Å². The third-order valence-electron chi connectivity index (χ3n) is 2.05. The van der Waals surface area contributed by atoms with Crippen LogP contribution < -0.4 is 5.73 Å². The fourth-order valence-electron chi connectivity index (χ4n) is 1.50. The van der Waals surface area contributed by atoms with Crippen LogP contribution in [0.4, 0.5) is 0 Å². The predicted octanol–water partition coefficient (Wildman–Crippen LogP) is 2.64. The van der Waals surface area contributed by atoms with Crippen LogP contribution in [0.15, 0.2) is 22.9 Å². The summed E-state index contributed by atoms with van der Waals surface area (Å²) in [6.07, 6.45) is 4.64. The van der Waals surface area contributed by atoms with Crippen molar-refractivity contribution in [3.63, 3.8) is 0 Å². The largest absolute Gasteiger partial charge is 0.328 e. The summed E-state index contributed by atoms with van der Waals surface area (Å²) < 4.78 is 2.84. The average molecular weight is 289 g/mol. The molecule has 3 nitrogen and oxygen atoms in total. The molecule has 80 valence electrons. The standard InChI is InChI=1S/C10H11BrClN3/c1-6(13)2-8-5-15-4-7(11)3-9(12)10(15)14-8/h3-6H,2,13H2,1H3. The SMILES string of the molecule is CC(N)Cc1cn2cc(Br)cc(Cl)c2n1. The maximum absolute atomic E-state index is 6.07. The molecule has 0 saturated heterocycles. The average Bonchev–Trinajstić information content (AvgIpc) is 2.45. The number of hydrogen-bond donors (Lipinski definition) is 1. The van der Waals surface area contributed by atoms with Crippen LogP contribution in [0.25, 0.3) is 5.65 Å². The monoisotopic (exact) mass is 287 g/mol. The lowest BCUT2D eigenvalue weighted by molar-refractivity contribution is 0.726. The van der Waals surface area contributed by atoms with Gasteiger partial charge in [-0.05, 0) is 28.9 Å². The van der Waals surface area contributed by atoms with Crippen LogP contribution in [0.5, 0.6) is 0 Å². The third-order valence-corrected chi connectivity index (χ3v) is 2.77. The van der Waals surface area contributed by atoms with E-state index in [0.29, 0.717) is 5.02 Å². The lowest BCUT2D eigenvalue weighted by Crippen LogP contribution is -2.17. The number of pyridine rings is 1. The van der Waals surface area contributed by atoms with Gasteiger partial charge in [0.05, 0.1) is 10.7 Å². The van der Waals surface area contributed by atoms with Crippen LogP contribution in [-0.4, -0.2) is 15.4 Å². The first-order valence-corrected chi connectivity index (χ1v) is 5.81. The van der Waals surface area contributed by atoms with Crippen molar-refractivity contribution in [3.8, 4) is 0 Å². The molecule has 0 aliphatic heterocycles. The normalized spacial score (nSPS) is 13.3. The Kier molecular flexibility index (Phi) is 3.00. The van der Waals surface area contributed by atoms with E-state index in [-0.39, 0.29) is 6.04 Å². The first-order chi connectivity index (χ1) is 7.06. The van der Waals surface area contributed by atoms with Gasteiger partial charge in [0.15, 0.2) is 5.65 Å². The maximum Gasteiger partial charge on any atom is 0.155 e. The second kappa shape index (κ2) is 4.12. The Morgan fingerprint density at radius 1 is 1.60 bits per heavy atom. The molecule has 0 aliphatic rings. The van der Waals surface area contributed by atoms with Crippen LogP contribution in [0.2, 0.25) is 5.02 Å². The maximum atomic E-state index is 6.07. The molecule has 15 heavy (non-hydrogen) atoms. The molecular formula is C10H11BrClN3. The summed E-state index contributed by atoms with van der Waals surface area (Å²) in [4.78, 5) is 4.42. The molecule has 0 spiro atoms. The summed E-state index contributed by atoms with van der Waals surface area (Å²) in [5, 5.41) is 0.639. The number of fused-ring (bicyclic) bond motifs is 1.